The number of halogens is 1. The number of carbonyl (C=O) groups is 1. The number of amides is 1. The predicted molar refractivity (Wildman–Crippen MR) is 88.9 cm³/mol. The zero-order valence-electron chi connectivity index (χ0n) is 13.1. The molecule has 6 heteroatoms. The first-order valence-corrected chi connectivity index (χ1v) is 8.70. The van der Waals surface area contributed by atoms with Crippen molar-refractivity contribution in [1.29, 1.82) is 0 Å². The maximum atomic E-state index is 13.8. The van der Waals surface area contributed by atoms with Crippen molar-refractivity contribution < 1.29 is 9.18 Å². The molecule has 1 saturated heterocycles. The number of rotatable bonds is 4. The number of likely N-dealkylation sites (N-methyl/N-ethyl adjacent to an activating group) is 1. The lowest BCUT2D eigenvalue weighted by molar-refractivity contribution is 0.0603. The van der Waals surface area contributed by atoms with Crippen molar-refractivity contribution in [2.75, 3.05) is 20.1 Å². The van der Waals surface area contributed by atoms with Crippen LogP contribution in [0, 0.1) is 5.82 Å². The Morgan fingerprint density at radius 3 is 3.04 bits per heavy atom. The summed E-state index contributed by atoms with van der Waals surface area (Å²) in [5, 5.41) is 1.78. The maximum absolute atomic E-state index is 13.8. The van der Waals surface area contributed by atoms with Gasteiger partial charge in [-0.15, -0.1) is 11.3 Å². The van der Waals surface area contributed by atoms with Crippen LogP contribution in [0.15, 0.2) is 35.2 Å². The average molecular weight is 333 g/mol. The van der Waals surface area contributed by atoms with Crippen LogP contribution in [-0.4, -0.2) is 46.9 Å². The largest absolute Gasteiger partial charge is 0.336 e. The van der Waals surface area contributed by atoms with E-state index >= 15 is 0 Å². The Morgan fingerprint density at radius 2 is 2.30 bits per heavy atom. The minimum absolute atomic E-state index is 0.0380. The van der Waals surface area contributed by atoms with Crippen molar-refractivity contribution in [3.63, 3.8) is 0 Å². The van der Waals surface area contributed by atoms with E-state index in [4.69, 9.17) is 0 Å². The Morgan fingerprint density at radius 1 is 1.48 bits per heavy atom. The fourth-order valence-corrected chi connectivity index (χ4v) is 3.55. The molecule has 0 bridgehead atoms. The number of likely N-dealkylation sites (tertiary alicyclic amines) is 1. The lowest BCUT2D eigenvalue weighted by Crippen LogP contribution is -2.48. The lowest BCUT2D eigenvalue weighted by atomic mass is 10.0. The van der Waals surface area contributed by atoms with E-state index in [0.29, 0.717) is 17.8 Å². The average Bonchev–Trinajstić information content (AvgIpc) is 3.10. The van der Waals surface area contributed by atoms with E-state index in [0.717, 1.165) is 25.9 Å². The molecular formula is C17H20FN3OS. The molecule has 1 aromatic carbocycles. The van der Waals surface area contributed by atoms with Crippen LogP contribution in [0.1, 0.15) is 28.9 Å². The molecule has 1 unspecified atom stereocenters. The third kappa shape index (κ3) is 3.76. The standard InChI is InChI=1S/C17H20FN3OS/c1-20(17(22)16-11-23-12-19-16)14-6-4-8-21(10-14)9-13-5-2-3-7-15(13)18/h2-3,5,7,11-12,14H,4,6,8-10H2,1H3. The fraction of sp³-hybridized carbons (Fsp3) is 0.412. The van der Waals surface area contributed by atoms with Crippen LogP contribution in [0.5, 0.6) is 0 Å². The highest BCUT2D eigenvalue weighted by Crippen LogP contribution is 2.20. The highest BCUT2D eigenvalue weighted by molar-refractivity contribution is 7.07. The van der Waals surface area contributed by atoms with Crippen LogP contribution in [0.3, 0.4) is 0 Å². The first kappa shape index (κ1) is 16.1. The number of benzene rings is 1. The Labute approximate surface area is 139 Å². The van der Waals surface area contributed by atoms with Gasteiger partial charge in [-0.3, -0.25) is 9.69 Å². The van der Waals surface area contributed by atoms with Gasteiger partial charge in [0.1, 0.15) is 11.5 Å². The predicted octanol–water partition coefficient (Wildman–Crippen LogP) is 3.02. The summed E-state index contributed by atoms with van der Waals surface area (Å²) in [5.41, 5.74) is 2.89. The van der Waals surface area contributed by atoms with E-state index in [1.807, 2.05) is 19.2 Å². The minimum atomic E-state index is -0.165. The third-order valence-electron chi connectivity index (χ3n) is 4.35. The first-order valence-electron chi connectivity index (χ1n) is 7.76. The van der Waals surface area contributed by atoms with Crippen LogP contribution < -0.4 is 0 Å². The van der Waals surface area contributed by atoms with Crippen molar-refractivity contribution >= 4 is 17.2 Å². The number of hydrogen-bond acceptors (Lipinski definition) is 4. The van der Waals surface area contributed by atoms with Crippen LogP contribution in [0.2, 0.25) is 0 Å². The highest BCUT2D eigenvalue weighted by atomic mass is 32.1. The molecule has 1 aliphatic heterocycles. The van der Waals surface area contributed by atoms with Gasteiger partial charge in [0, 0.05) is 37.1 Å². The molecule has 4 nitrogen and oxygen atoms in total. The molecular weight excluding hydrogens is 313 g/mol. The van der Waals surface area contributed by atoms with Gasteiger partial charge < -0.3 is 4.90 Å². The molecule has 0 spiro atoms. The molecule has 1 amide bonds. The number of carbonyl (C=O) groups excluding carboxylic acids is 1. The number of thiazole rings is 1. The molecule has 0 aliphatic carbocycles. The Hall–Kier alpha value is -1.79. The maximum Gasteiger partial charge on any atom is 0.273 e. The molecule has 1 fully saturated rings. The van der Waals surface area contributed by atoms with Crippen molar-refractivity contribution in [2.45, 2.75) is 25.4 Å². The quantitative estimate of drug-likeness (QED) is 0.863. The van der Waals surface area contributed by atoms with Gasteiger partial charge in [0.25, 0.3) is 5.91 Å². The zero-order valence-corrected chi connectivity index (χ0v) is 13.9. The topological polar surface area (TPSA) is 36.4 Å². The van der Waals surface area contributed by atoms with Gasteiger partial charge >= 0.3 is 0 Å². The molecule has 23 heavy (non-hydrogen) atoms. The molecule has 1 aromatic heterocycles. The summed E-state index contributed by atoms with van der Waals surface area (Å²) in [6.45, 7) is 2.28. The third-order valence-corrected chi connectivity index (χ3v) is 4.94. The number of piperidine rings is 1. The van der Waals surface area contributed by atoms with E-state index in [-0.39, 0.29) is 17.8 Å². The van der Waals surface area contributed by atoms with Gasteiger partial charge in [-0.2, -0.15) is 0 Å². The van der Waals surface area contributed by atoms with Crippen molar-refractivity contribution in [1.82, 2.24) is 14.8 Å². The van der Waals surface area contributed by atoms with E-state index in [1.165, 1.54) is 17.4 Å². The van der Waals surface area contributed by atoms with Gasteiger partial charge in [0.15, 0.2) is 0 Å². The second-order valence-electron chi connectivity index (χ2n) is 5.91. The van der Waals surface area contributed by atoms with Gasteiger partial charge in [-0.25, -0.2) is 9.37 Å². The Kier molecular flexibility index (Phi) is 5.03. The normalized spacial score (nSPS) is 18.8. The van der Waals surface area contributed by atoms with Crippen molar-refractivity contribution in [3.05, 3.63) is 52.2 Å². The number of aromatic nitrogens is 1. The van der Waals surface area contributed by atoms with Crippen LogP contribution in [-0.2, 0) is 6.54 Å². The van der Waals surface area contributed by atoms with Gasteiger partial charge in [0.2, 0.25) is 0 Å². The molecule has 3 rings (SSSR count). The summed E-state index contributed by atoms with van der Waals surface area (Å²) in [7, 11) is 1.83. The second kappa shape index (κ2) is 7.19. The fourth-order valence-electron chi connectivity index (χ4n) is 3.02. The van der Waals surface area contributed by atoms with E-state index in [1.54, 1.807) is 21.9 Å². The summed E-state index contributed by atoms with van der Waals surface area (Å²) in [6, 6.07) is 7.03. The second-order valence-corrected chi connectivity index (χ2v) is 6.63. The Balaban J connectivity index is 1.64. The van der Waals surface area contributed by atoms with E-state index in [2.05, 4.69) is 9.88 Å². The number of hydrogen-bond donors (Lipinski definition) is 0. The van der Waals surface area contributed by atoms with Crippen LogP contribution in [0.25, 0.3) is 0 Å². The van der Waals surface area contributed by atoms with Crippen LogP contribution in [0.4, 0.5) is 4.39 Å². The SMILES string of the molecule is CN(C(=O)c1cscn1)C1CCCN(Cc2ccccc2F)C1. The highest BCUT2D eigenvalue weighted by Gasteiger charge is 2.27. The molecule has 1 atom stereocenters. The monoisotopic (exact) mass is 333 g/mol. The molecule has 0 saturated carbocycles. The molecule has 2 heterocycles. The van der Waals surface area contributed by atoms with Crippen molar-refractivity contribution in [3.8, 4) is 0 Å². The van der Waals surface area contributed by atoms with Gasteiger partial charge in [-0.1, -0.05) is 18.2 Å². The van der Waals surface area contributed by atoms with E-state index < -0.39 is 0 Å². The minimum Gasteiger partial charge on any atom is -0.336 e. The smallest absolute Gasteiger partial charge is 0.273 e. The Bertz CT molecular complexity index is 662. The molecule has 1 aliphatic rings. The molecule has 122 valence electrons. The zero-order chi connectivity index (χ0) is 16.2. The van der Waals surface area contributed by atoms with E-state index in [9.17, 15) is 9.18 Å². The molecule has 0 N–H and O–H groups in total. The van der Waals surface area contributed by atoms with Gasteiger partial charge in [-0.05, 0) is 25.5 Å². The summed E-state index contributed by atoms with van der Waals surface area (Å²) in [6.07, 6.45) is 1.98. The first-order chi connectivity index (χ1) is 11.1. The van der Waals surface area contributed by atoms with Crippen molar-refractivity contribution in [2.24, 2.45) is 0 Å². The lowest BCUT2D eigenvalue weighted by Gasteiger charge is -2.37. The summed E-state index contributed by atoms with van der Waals surface area (Å²) in [5.74, 6) is -0.203. The van der Waals surface area contributed by atoms with Crippen LogP contribution >= 0.6 is 11.3 Å². The molecule has 2 aromatic rings. The molecule has 0 radical (unpaired) electrons. The summed E-state index contributed by atoms with van der Waals surface area (Å²) in [4.78, 5) is 20.5. The van der Waals surface area contributed by atoms with Gasteiger partial charge in [0.05, 0.1) is 5.51 Å². The summed E-state index contributed by atoms with van der Waals surface area (Å²) >= 11 is 1.43. The summed E-state index contributed by atoms with van der Waals surface area (Å²) < 4.78 is 13.8. The number of nitrogens with zero attached hydrogens (tertiary/aromatic N) is 3.